The number of hydrogen-bond donors (Lipinski definition) is 2. The third-order valence-electron chi connectivity index (χ3n) is 8.80. The molecule has 1 fully saturated rings. The SMILES string of the molecule is C=CC(=O)N1CC2C(=O)Nc3c(c4cc(F)c(-c5c(O)cccc5F)c(F)c4n(-c4c(C(C)C)ncnc4C(C)C)c3=O)N2CC1C. The Morgan fingerprint density at radius 2 is 1.68 bits per heavy atom. The van der Waals surface area contributed by atoms with Gasteiger partial charge >= 0.3 is 0 Å². The number of rotatable bonds is 5. The van der Waals surface area contributed by atoms with E-state index in [2.05, 4.69) is 21.9 Å². The first-order valence-corrected chi connectivity index (χ1v) is 15.2. The molecule has 0 radical (unpaired) electrons. The van der Waals surface area contributed by atoms with Crippen molar-refractivity contribution >= 4 is 34.1 Å². The molecular weight excluding hydrogens is 613 g/mol. The number of benzene rings is 2. The zero-order chi connectivity index (χ0) is 34.1. The molecule has 2 aromatic heterocycles. The molecule has 2 aliphatic rings. The molecule has 2 N–H and O–H groups in total. The molecule has 2 aromatic carbocycles. The zero-order valence-corrected chi connectivity index (χ0v) is 26.4. The van der Waals surface area contributed by atoms with E-state index in [1.165, 1.54) is 17.3 Å². The van der Waals surface area contributed by atoms with Crippen LogP contribution in [-0.4, -0.2) is 61.5 Å². The van der Waals surface area contributed by atoms with Gasteiger partial charge in [0.25, 0.3) is 5.56 Å². The van der Waals surface area contributed by atoms with Crippen molar-refractivity contribution in [2.24, 2.45) is 0 Å². The predicted molar refractivity (Wildman–Crippen MR) is 171 cm³/mol. The van der Waals surface area contributed by atoms with E-state index in [4.69, 9.17) is 0 Å². The van der Waals surface area contributed by atoms with Gasteiger partial charge in [-0.3, -0.25) is 19.0 Å². The van der Waals surface area contributed by atoms with Gasteiger partial charge in [-0.15, -0.1) is 0 Å². The number of piperazine rings is 1. The number of hydrogen-bond acceptors (Lipinski definition) is 7. The van der Waals surface area contributed by atoms with Crippen LogP contribution in [0.4, 0.5) is 24.5 Å². The van der Waals surface area contributed by atoms with Crippen molar-refractivity contribution in [3.63, 3.8) is 0 Å². The molecule has 0 bridgehead atoms. The average Bonchev–Trinajstić information content (AvgIpc) is 3.02. The van der Waals surface area contributed by atoms with Gasteiger partial charge in [-0.25, -0.2) is 23.1 Å². The number of phenols is 1. The standard InChI is InChI=1S/C34H33F3N6O4/c1-7-23(45)41-13-21-33(46)40-29-31(42(21)12-17(41)6)18-11-20(36)25(24-19(35)9-8-10-22(24)44)26(37)30(18)43(34(29)47)32-27(15(2)3)38-14-39-28(32)16(4)5/h7-11,14-17,21,44H,1,12-13H2,2-6H3,(H,40,46). The fourth-order valence-electron chi connectivity index (χ4n) is 6.63. The summed E-state index contributed by atoms with van der Waals surface area (Å²) >= 11 is 0. The van der Waals surface area contributed by atoms with Gasteiger partial charge in [-0.2, -0.15) is 0 Å². The molecule has 2 atom stereocenters. The van der Waals surface area contributed by atoms with Gasteiger partial charge in [0.2, 0.25) is 11.8 Å². The van der Waals surface area contributed by atoms with Gasteiger partial charge in [0.1, 0.15) is 35.4 Å². The first-order chi connectivity index (χ1) is 22.3. The second-order valence-electron chi connectivity index (χ2n) is 12.4. The Kier molecular flexibility index (Phi) is 7.81. The predicted octanol–water partition coefficient (Wildman–Crippen LogP) is 5.36. The summed E-state index contributed by atoms with van der Waals surface area (Å²) in [4.78, 5) is 52.8. The molecule has 4 aromatic rings. The minimum atomic E-state index is -1.31. The summed E-state index contributed by atoms with van der Waals surface area (Å²) in [5, 5.41) is 13.1. The number of carbonyl (C=O) groups excluding carboxylic acids is 2. The second kappa shape index (κ2) is 11.6. The van der Waals surface area contributed by atoms with Gasteiger partial charge in [-0.05, 0) is 43.0 Å². The van der Waals surface area contributed by atoms with Crippen LogP contribution in [0, 0.1) is 17.5 Å². The molecule has 0 spiro atoms. The van der Waals surface area contributed by atoms with Gasteiger partial charge in [0.05, 0.1) is 46.0 Å². The van der Waals surface area contributed by atoms with Crippen molar-refractivity contribution < 1.29 is 27.9 Å². The Balaban J connectivity index is 1.79. The van der Waals surface area contributed by atoms with Crippen molar-refractivity contribution in [3.05, 3.63) is 82.4 Å². The van der Waals surface area contributed by atoms with E-state index in [0.717, 1.165) is 28.8 Å². The number of aromatic hydroxyl groups is 1. The van der Waals surface area contributed by atoms with Crippen LogP contribution >= 0.6 is 0 Å². The Morgan fingerprint density at radius 1 is 1.02 bits per heavy atom. The van der Waals surface area contributed by atoms with Crippen molar-refractivity contribution in [2.45, 2.75) is 58.5 Å². The molecule has 10 nitrogen and oxygen atoms in total. The first kappa shape index (κ1) is 31.8. The van der Waals surface area contributed by atoms with E-state index in [0.29, 0.717) is 11.4 Å². The minimum absolute atomic E-state index is 0.0469. The van der Waals surface area contributed by atoms with E-state index in [1.54, 1.807) is 11.8 Å². The highest BCUT2D eigenvalue weighted by Gasteiger charge is 2.44. The number of halogens is 3. The normalized spacial score (nSPS) is 17.6. The largest absolute Gasteiger partial charge is 0.507 e. The Morgan fingerprint density at radius 3 is 2.28 bits per heavy atom. The lowest BCUT2D eigenvalue weighted by atomic mass is 9.95. The van der Waals surface area contributed by atoms with Crippen LogP contribution in [-0.2, 0) is 9.59 Å². The Bertz CT molecular complexity index is 2010. The number of nitrogens with zero attached hydrogens (tertiary/aromatic N) is 5. The summed E-state index contributed by atoms with van der Waals surface area (Å²) in [7, 11) is 0. The highest BCUT2D eigenvalue weighted by Crippen LogP contribution is 2.45. The highest BCUT2D eigenvalue weighted by molar-refractivity contribution is 6.12. The molecule has 4 heterocycles. The molecule has 0 saturated carbocycles. The lowest BCUT2D eigenvalue weighted by Crippen LogP contribution is -2.64. The molecular formula is C34H33F3N6O4. The number of pyridine rings is 1. The molecule has 47 heavy (non-hydrogen) atoms. The Hall–Kier alpha value is -5.20. The number of aromatic nitrogens is 3. The van der Waals surface area contributed by atoms with Crippen LogP contribution in [0.2, 0.25) is 0 Å². The van der Waals surface area contributed by atoms with Crippen LogP contribution in [0.3, 0.4) is 0 Å². The molecule has 2 aliphatic heterocycles. The van der Waals surface area contributed by atoms with Crippen molar-refractivity contribution in [1.29, 1.82) is 0 Å². The molecule has 0 aliphatic carbocycles. The topological polar surface area (TPSA) is 121 Å². The summed E-state index contributed by atoms with van der Waals surface area (Å²) < 4.78 is 49.7. The summed E-state index contributed by atoms with van der Waals surface area (Å²) in [6.45, 7) is 12.6. The molecule has 6 rings (SSSR count). The quantitative estimate of drug-likeness (QED) is 0.280. The highest BCUT2D eigenvalue weighted by atomic mass is 19.1. The van der Waals surface area contributed by atoms with Crippen molar-refractivity contribution in [1.82, 2.24) is 19.4 Å². The van der Waals surface area contributed by atoms with E-state index >= 15 is 13.2 Å². The smallest absolute Gasteiger partial charge is 0.281 e. The van der Waals surface area contributed by atoms with Gasteiger partial charge in [-0.1, -0.05) is 40.3 Å². The third kappa shape index (κ3) is 4.83. The van der Waals surface area contributed by atoms with Gasteiger partial charge < -0.3 is 20.2 Å². The monoisotopic (exact) mass is 646 g/mol. The summed E-state index contributed by atoms with van der Waals surface area (Å²) in [6.07, 6.45) is 2.48. The number of amides is 2. The van der Waals surface area contributed by atoms with E-state index in [-0.39, 0.29) is 47.4 Å². The van der Waals surface area contributed by atoms with Crippen LogP contribution in [0.15, 0.2) is 48.0 Å². The van der Waals surface area contributed by atoms with Crippen molar-refractivity contribution in [3.8, 4) is 22.6 Å². The number of fused-ring (bicyclic) bond motifs is 5. The number of phenolic OH excluding ortho intramolecular Hbond substituents is 1. The lowest BCUT2D eigenvalue weighted by Gasteiger charge is -2.48. The fourth-order valence-corrected chi connectivity index (χ4v) is 6.63. The van der Waals surface area contributed by atoms with Crippen LogP contribution in [0.5, 0.6) is 5.75 Å². The lowest BCUT2D eigenvalue weighted by molar-refractivity contribution is -0.130. The zero-order valence-electron chi connectivity index (χ0n) is 26.4. The minimum Gasteiger partial charge on any atom is -0.507 e. The first-order valence-electron chi connectivity index (χ1n) is 15.2. The summed E-state index contributed by atoms with van der Waals surface area (Å²) in [6, 6.07) is 2.76. The van der Waals surface area contributed by atoms with Crippen LogP contribution in [0.1, 0.15) is 57.8 Å². The third-order valence-corrected chi connectivity index (χ3v) is 8.80. The van der Waals surface area contributed by atoms with Crippen LogP contribution < -0.4 is 15.8 Å². The molecule has 13 heteroatoms. The van der Waals surface area contributed by atoms with Gasteiger partial charge in [0, 0.05) is 18.0 Å². The maximum atomic E-state index is 17.2. The molecule has 2 amide bonds. The van der Waals surface area contributed by atoms with E-state index in [1.807, 2.05) is 27.7 Å². The summed E-state index contributed by atoms with van der Waals surface area (Å²) in [5.74, 6) is -5.86. The van der Waals surface area contributed by atoms with Gasteiger partial charge in [0.15, 0.2) is 5.82 Å². The molecule has 2 unspecified atom stereocenters. The fraction of sp³-hybridized carbons (Fsp3) is 0.324. The van der Waals surface area contributed by atoms with E-state index in [9.17, 15) is 19.5 Å². The number of nitrogens with one attached hydrogen (secondary N) is 1. The van der Waals surface area contributed by atoms with Crippen molar-refractivity contribution in [2.75, 3.05) is 23.3 Å². The van der Waals surface area contributed by atoms with E-state index < -0.39 is 69.3 Å². The summed E-state index contributed by atoms with van der Waals surface area (Å²) in [5.41, 5.74) is -2.09. The molecule has 244 valence electrons. The number of anilines is 2. The number of carbonyl (C=O) groups is 2. The maximum absolute atomic E-state index is 17.2. The Labute approximate surface area is 268 Å². The second-order valence-corrected chi connectivity index (χ2v) is 12.4. The molecule has 1 saturated heterocycles. The van der Waals surface area contributed by atoms with Crippen LogP contribution in [0.25, 0.3) is 27.7 Å². The maximum Gasteiger partial charge on any atom is 0.281 e. The average molecular weight is 647 g/mol.